The van der Waals surface area contributed by atoms with Crippen molar-refractivity contribution in [2.45, 2.75) is 51.0 Å². The summed E-state index contributed by atoms with van der Waals surface area (Å²) in [6.07, 6.45) is 8.65. The highest BCUT2D eigenvalue weighted by molar-refractivity contribution is 5.70. The minimum atomic E-state index is -0.0903. The smallest absolute Gasteiger partial charge is 0.305 e. The van der Waals surface area contributed by atoms with Crippen molar-refractivity contribution in [3.05, 3.63) is 12.7 Å². The van der Waals surface area contributed by atoms with Gasteiger partial charge in [-0.1, -0.05) is 19.4 Å². The zero-order valence-corrected chi connectivity index (χ0v) is 12.7. The van der Waals surface area contributed by atoms with Gasteiger partial charge in [-0.25, -0.2) is 0 Å². The van der Waals surface area contributed by atoms with Crippen LogP contribution in [0.4, 0.5) is 0 Å². The summed E-state index contributed by atoms with van der Waals surface area (Å²) in [6.45, 7) is 7.25. The average Bonchev–Trinajstić information content (AvgIpc) is 3.22. The van der Waals surface area contributed by atoms with Crippen LogP contribution in [0.5, 0.6) is 0 Å². The SMILES string of the molecule is C=C[C@@H]1CCC[C@@]2(C)[C@H]1CC[C@]1(CO1)[C@@H]2CC(=O)OC. The van der Waals surface area contributed by atoms with E-state index >= 15 is 0 Å². The Balaban J connectivity index is 1.90. The first kappa shape index (κ1) is 14.1. The number of hydrogen-bond donors (Lipinski definition) is 0. The predicted molar refractivity (Wildman–Crippen MR) is 77.2 cm³/mol. The molecule has 2 aliphatic carbocycles. The number of rotatable bonds is 3. The summed E-state index contributed by atoms with van der Waals surface area (Å²) in [6, 6.07) is 0. The van der Waals surface area contributed by atoms with Gasteiger partial charge in [-0.2, -0.15) is 0 Å². The molecule has 1 saturated heterocycles. The van der Waals surface area contributed by atoms with E-state index in [0.29, 0.717) is 24.2 Å². The molecule has 0 aromatic heterocycles. The Morgan fingerprint density at radius 2 is 2.20 bits per heavy atom. The highest BCUT2D eigenvalue weighted by atomic mass is 16.6. The topological polar surface area (TPSA) is 38.8 Å². The van der Waals surface area contributed by atoms with Gasteiger partial charge in [-0.3, -0.25) is 4.79 Å². The van der Waals surface area contributed by atoms with Gasteiger partial charge in [0.05, 0.1) is 25.7 Å². The molecule has 1 spiro atoms. The van der Waals surface area contributed by atoms with E-state index < -0.39 is 0 Å². The fraction of sp³-hybridized carbons (Fsp3) is 0.824. The number of allylic oxidation sites excluding steroid dienone is 1. The van der Waals surface area contributed by atoms with Crippen LogP contribution in [0.3, 0.4) is 0 Å². The van der Waals surface area contributed by atoms with Crippen molar-refractivity contribution in [2.24, 2.45) is 23.2 Å². The summed E-state index contributed by atoms with van der Waals surface area (Å²) in [4.78, 5) is 11.9. The number of esters is 1. The lowest BCUT2D eigenvalue weighted by atomic mass is 9.49. The van der Waals surface area contributed by atoms with Crippen molar-refractivity contribution in [1.29, 1.82) is 0 Å². The minimum absolute atomic E-state index is 0.0253. The zero-order valence-electron chi connectivity index (χ0n) is 12.7. The molecule has 20 heavy (non-hydrogen) atoms. The van der Waals surface area contributed by atoms with Crippen LogP contribution in [-0.2, 0) is 14.3 Å². The van der Waals surface area contributed by atoms with E-state index in [0.717, 1.165) is 13.0 Å². The van der Waals surface area contributed by atoms with Gasteiger partial charge in [0.15, 0.2) is 0 Å². The molecule has 3 nitrogen and oxygen atoms in total. The second-order valence-electron chi connectivity index (χ2n) is 7.13. The lowest BCUT2D eigenvalue weighted by Crippen LogP contribution is -2.52. The monoisotopic (exact) mass is 278 g/mol. The molecule has 0 bridgehead atoms. The van der Waals surface area contributed by atoms with Crippen LogP contribution in [0.2, 0.25) is 0 Å². The van der Waals surface area contributed by atoms with Crippen LogP contribution in [0.15, 0.2) is 12.7 Å². The summed E-state index contributed by atoms with van der Waals surface area (Å²) in [7, 11) is 1.48. The second-order valence-corrected chi connectivity index (χ2v) is 7.13. The molecule has 0 aromatic carbocycles. The number of ether oxygens (including phenoxy) is 2. The first-order valence-electron chi connectivity index (χ1n) is 7.89. The van der Waals surface area contributed by atoms with Crippen molar-refractivity contribution in [2.75, 3.05) is 13.7 Å². The average molecular weight is 278 g/mol. The van der Waals surface area contributed by atoms with Gasteiger partial charge in [0.1, 0.15) is 0 Å². The Morgan fingerprint density at radius 1 is 1.45 bits per heavy atom. The van der Waals surface area contributed by atoms with Gasteiger partial charge in [-0.15, -0.1) is 6.58 Å². The fourth-order valence-corrected chi connectivity index (χ4v) is 5.14. The van der Waals surface area contributed by atoms with Crippen LogP contribution < -0.4 is 0 Å². The minimum Gasteiger partial charge on any atom is -0.469 e. The highest BCUT2D eigenvalue weighted by Crippen LogP contribution is 2.63. The van der Waals surface area contributed by atoms with Gasteiger partial charge in [0.2, 0.25) is 0 Å². The van der Waals surface area contributed by atoms with E-state index in [2.05, 4.69) is 19.6 Å². The molecular formula is C17H26O3. The summed E-state index contributed by atoms with van der Waals surface area (Å²) in [5.41, 5.74) is 0.169. The molecule has 1 heterocycles. The Hall–Kier alpha value is -0.830. The van der Waals surface area contributed by atoms with Crippen LogP contribution in [-0.4, -0.2) is 25.3 Å². The number of hydrogen-bond acceptors (Lipinski definition) is 3. The number of carbonyl (C=O) groups excluding carboxylic acids is 1. The van der Waals surface area contributed by atoms with E-state index in [1.807, 2.05) is 0 Å². The van der Waals surface area contributed by atoms with Crippen molar-refractivity contribution in [1.82, 2.24) is 0 Å². The Bertz CT molecular complexity index is 412. The highest BCUT2D eigenvalue weighted by Gasteiger charge is 2.64. The van der Waals surface area contributed by atoms with Gasteiger partial charge >= 0.3 is 5.97 Å². The normalized spacial score (nSPS) is 46.6. The fourth-order valence-electron chi connectivity index (χ4n) is 5.14. The summed E-state index contributed by atoms with van der Waals surface area (Å²) < 4.78 is 10.8. The molecule has 112 valence electrons. The van der Waals surface area contributed by atoms with Crippen LogP contribution in [0.1, 0.15) is 45.4 Å². The Labute approximate surface area is 121 Å². The van der Waals surface area contributed by atoms with Gasteiger partial charge in [0.25, 0.3) is 0 Å². The molecule has 1 aliphatic heterocycles. The second kappa shape index (κ2) is 4.87. The van der Waals surface area contributed by atoms with Crippen molar-refractivity contribution < 1.29 is 14.3 Å². The molecular weight excluding hydrogens is 252 g/mol. The maximum absolute atomic E-state index is 11.9. The maximum atomic E-state index is 11.9. The van der Waals surface area contributed by atoms with E-state index in [4.69, 9.17) is 9.47 Å². The number of methoxy groups -OCH3 is 1. The van der Waals surface area contributed by atoms with Crippen molar-refractivity contribution in [3.63, 3.8) is 0 Å². The molecule has 3 heteroatoms. The molecule has 3 fully saturated rings. The predicted octanol–water partition coefficient (Wildman–Crippen LogP) is 3.34. The molecule has 0 unspecified atom stereocenters. The molecule has 3 aliphatic rings. The van der Waals surface area contributed by atoms with Crippen LogP contribution in [0.25, 0.3) is 0 Å². The number of carbonyl (C=O) groups is 1. The lowest BCUT2D eigenvalue weighted by molar-refractivity contribution is -0.148. The Kier molecular flexibility index (Phi) is 3.44. The van der Waals surface area contributed by atoms with E-state index in [1.54, 1.807) is 0 Å². The lowest BCUT2D eigenvalue weighted by Gasteiger charge is -2.55. The van der Waals surface area contributed by atoms with Crippen molar-refractivity contribution in [3.8, 4) is 0 Å². The first-order valence-corrected chi connectivity index (χ1v) is 7.89. The molecule has 0 amide bonds. The summed E-state index contributed by atoms with van der Waals surface area (Å²) in [5.74, 6) is 1.47. The van der Waals surface area contributed by atoms with Crippen molar-refractivity contribution >= 4 is 5.97 Å². The van der Waals surface area contributed by atoms with Crippen LogP contribution >= 0.6 is 0 Å². The third-order valence-electron chi connectivity index (χ3n) is 6.34. The summed E-state index contributed by atoms with van der Waals surface area (Å²) >= 11 is 0. The number of epoxide rings is 1. The molecule has 5 atom stereocenters. The van der Waals surface area contributed by atoms with E-state index in [1.165, 1.54) is 32.8 Å². The van der Waals surface area contributed by atoms with Gasteiger partial charge in [-0.05, 0) is 42.9 Å². The Morgan fingerprint density at radius 3 is 2.80 bits per heavy atom. The van der Waals surface area contributed by atoms with Gasteiger partial charge in [0, 0.05) is 5.92 Å². The maximum Gasteiger partial charge on any atom is 0.305 e. The van der Waals surface area contributed by atoms with Gasteiger partial charge < -0.3 is 9.47 Å². The van der Waals surface area contributed by atoms with E-state index in [-0.39, 0.29) is 17.0 Å². The first-order chi connectivity index (χ1) is 9.55. The third-order valence-corrected chi connectivity index (χ3v) is 6.34. The largest absolute Gasteiger partial charge is 0.469 e. The molecule has 0 aromatic rings. The third kappa shape index (κ3) is 2.02. The van der Waals surface area contributed by atoms with Crippen LogP contribution in [0, 0.1) is 23.2 Å². The molecule has 2 saturated carbocycles. The summed E-state index contributed by atoms with van der Waals surface area (Å²) in [5, 5.41) is 0. The quantitative estimate of drug-likeness (QED) is 0.451. The van der Waals surface area contributed by atoms with E-state index in [9.17, 15) is 4.79 Å². The standard InChI is InChI=1S/C17H26O3/c1-4-12-6-5-8-16(2)13(12)7-9-17(11-20-17)14(16)10-15(18)19-3/h4,12-14H,1,5-11H2,2-3H3/t12-,13+,14-,16+,17+/m1/s1. The number of fused-ring (bicyclic) bond motifs is 1. The molecule has 0 radical (unpaired) electrons. The molecule has 0 N–H and O–H groups in total. The zero-order chi connectivity index (χ0) is 14.4. The molecule has 3 rings (SSSR count).